The predicted octanol–water partition coefficient (Wildman–Crippen LogP) is 18.5. The van der Waals surface area contributed by atoms with Crippen molar-refractivity contribution in [1.82, 2.24) is 5.32 Å². The summed E-state index contributed by atoms with van der Waals surface area (Å²) in [5.74, 6) is -0.0572. The lowest BCUT2D eigenvalue weighted by Crippen LogP contribution is -2.45. The number of rotatable bonds is 56. The highest BCUT2D eigenvalue weighted by Crippen LogP contribution is 2.18. The normalized spacial score (nSPS) is 12.6. The molecule has 0 heterocycles. The highest BCUT2D eigenvalue weighted by molar-refractivity contribution is 5.76. The van der Waals surface area contributed by atoms with Gasteiger partial charge in [0.2, 0.25) is 5.91 Å². The molecule has 3 N–H and O–H groups in total. The van der Waals surface area contributed by atoms with Crippen molar-refractivity contribution in [3.63, 3.8) is 0 Å². The summed E-state index contributed by atoms with van der Waals surface area (Å²) >= 11 is 0. The van der Waals surface area contributed by atoms with Crippen molar-refractivity contribution in [3.05, 3.63) is 12.2 Å². The molecular formula is C60H117NO5. The van der Waals surface area contributed by atoms with Gasteiger partial charge in [-0.05, 0) is 32.1 Å². The van der Waals surface area contributed by atoms with Crippen molar-refractivity contribution in [2.24, 2.45) is 0 Å². The summed E-state index contributed by atoms with van der Waals surface area (Å²) in [5, 5.41) is 23.1. The van der Waals surface area contributed by atoms with Gasteiger partial charge in [-0.25, -0.2) is 0 Å². The summed E-state index contributed by atoms with van der Waals surface area (Å²) in [6, 6.07) is -0.629. The van der Waals surface area contributed by atoms with Gasteiger partial charge in [-0.1, -0.05) is 302 Å². The Morgan fingerprint density at radius 3 is 1.03 bits per heavy atom. The molecule has 392 valence electrons. The third kappa shape index (κ3) is 52.0. The second-order valence-corrected chi connectivity index (χ2v) is 20.7. The first-order valence-electron chi connectivity index (χ1n) is 30.0. The molecule has 0 saturated carbocycles. The van der Waals surface area contributed by atoms with Crippen LogP contribution in [0.3, 0.4) is 0 Å². The number of aliphatic hydroxyl groups excluding tert-OH is 2. The third-order valence-corrected chi connectivity index (χ3v) is 14.1. The minimum Gasteiger partial charge on any atom is -0.466 e. The third-order valence-electron chi connectivity index (χ3n) is 14.1. The monoisotopic (exact) mass is 932 g/mol. The van der Waals surface area contributed by atoms with Crippen LogP contribution in [0, 0.1) is 0 Å². The number of unbranched alkanes of at least 4 members (excludes halogenated alkanes) is 45. The van der Waals surface area contributed by atoms with E-state index in [1.807, 2.05) is 6.08 Å². The van der Waals surface area contributed by atoms with Gasteiger partial charge in [0.1, 0.15) is 0 Å². The molecule has 0 aromatic heterocycles. The maximum Gasteiger partial charge on any atom is 0.305 e. The summed E-state index contributed by atoms with van der Waals surface area (Å²) in [6.07, 6.45) is 66.6. The number of hydrogen-bond acceptors (Lipinski definition) is 5. The Bertz CT molecular complexity index is 986. The van der Waals surface area contributed by atoms with Crippen molar-refractivity contribution in [2.75, 3.05) is 13.2 Å². The van der Waals surface area contributed by atoms with Gasteiger partial charge in [-0.2, -0.15) is 0 Å². The smallest absolute Gasteiger partial charge is 0.305 e. The largest absolute Gasteiger partial charge is 0.466 e. The quantitative estimate of drug-likeness (QED) is 0.0321. The molecule has 1 amide bonds. The van der Waals surface area contributed by atoms with Crippen molar-refractivity contribution in [3.8, 4) is 0 Å². The Morgan fingerprint density at radius 1 is 0.409 bits per heavy atom. The van der Waals surface area contributed by atoms with Crippen LogP contribution in [0.15, 0.2) is 12.2 Å². The molecule has 0 aromatic rings. The zero-order chi connectivity index (χ0) is 47.9. The molecule has 6 nitrogen and oxygen atoms in total. The van der Waals surface area contributed by atoms with E-state index in [0.717, 1.165) is 38.5 Å². The number of nitrogens with one attached hydrogen (secondary N) is 1. The fraction of sp³-hybridized carbons (Fsp3) is 0.933. The minimum absolute atomic E-state index is 0.0111. The molecule has 6 heteroatoms. The van der Waals surface area contributed by atoms with E-state index in [4.69, 9.17) is 4.74 Å². The van der Waals surface area contributed by atoms with Crippen LogP contribution in [0.25, 0.3) is 0 Å². The number of hydrogen-bond donors (Lipinski definition) is 3. The van der Waals surface area contributed by atoms with Crippen LogP contribution in [0.2, 0.25) is 0 Å². The molecule has 0 aliphatic carbocycles. The minimum atomic E-state index is -0.845. The average Bonchev–Trinajstić information content (AvgIpc) is 3.32. The van der Waals surface area contributed by atoms with Crippen LogP contribution < -0.4 is 5.32 Å². The van der Waals surface area contributed by atoms with E-state index in [-0.39, 0.29) is 18.5 Å². The summed E-state index contributed by atoms with van der Waals surface area (Å²) < 4.78 is 5.48. The van der Waals surface area contributed by atoms with Gasteiger partial charge in [0.25, 0.3) is 0 Å². The first-order valence-corrected chi connectivity index (χ1v) is 30.0. The number of carbonyl (C=O) groups excluding carboxylic acids is 2. The number of allylic oxidation sites excluding steroid dienone is 1. The van der Waals surface area contributed by atoms with Crippen LogP contribution in [0.4, 0.5) is 0 Å². The lowest BCUT2D eigenvalue weighted by Gasteiger charge is -2.20. The summed E-state index contributed by atoms with van der Waals surface area (Å²) in [4.78, 5) is 24.5. The zero-order valence-electron chi connectivity index (χ0n) is 44.7. The Hall–Kier alpha value is -1.40. The maximum absolute atomic E-state index is 12.5. The van der Waals surface area contributed by atoms with Crippen molar-refractivity contribution >= 4 is 11.9 Å². The highest BCUT2D eigenvalue weighted by atomic mass is 16.5. The summed E-state index contributed by atoms with van der Waals surface area (Å²) in [5.41, 5.74) is 0. The number of ether oxygens (including phenoxy) is 1. The van der Waals surface area contributed by atoms with Crippen LogP contribution in [0.5, 0.6) is 0 Å². The second-order valence-electron chi connectivity index (χ2n) is 20.7. The van der Waals surface area contributed by atoms with Crippen LogP contribution in [-0.4, -0.2) is 47.4 Å². The maximum atomic E-state index is 12.5. The van der Waals surface area contributed by atoms with E-state index in [1.165, 1.54) is 270 Å². The van der Waals surface area contributed by atoms with E-state index in [2.05, 4.69) is 19.2 Å². The first-order chi connectivity index (χ1) is 32.5. The van der Waals surface area contributed by atoms with Gasteiger partial charge in [0.15, 0.2) is 0 Å². The molecule has 0 spiro atoms. The Morgan fingerprint density at radius 2 is 0.697 bits per heavy atom. The topological polar surface area (TPSA) is 95.9 Å². The molecule has 0 aliphatic heterocycles. The second kappa shape index (κ2) is 56.2. The summed E-state index contributed by atoms with van der Waals surface area (Å²) in [6.45, 7) is 4.92. The molecular weight excluding hydrogens is 815 g/mol. The Balaban J connectivity index is 3.41. The lowest BCUT2D eigenvalue weighted by atomic mass is 10.0. The van der Waals surface area contributed by atoms with Crippen LogP contribution in [0.1, 0.15) is 335 Å². The fourth-order valence-corrected chi connectivity index (χ4v) is 9.46. The van der Waals surface area contributed by atoms with Crippen molar-refractivity contribution in [2.45, 2.75) is 347 Å². The van der Waals surface area contributed by atoms with Crippen LogP contribution in [-0.2, 0) is 14.3 Å². The van der Waals surface area contributed by atoms with E-state index in [0.29, 0.717) is 19.4 Å². The molecule has 0 bridgehead atoms. The Kier molecular flexibility index (Phi) is 55.0. The molecule has 0 aliphatic rings. The molecule has 2 atom stereocenters. The standard InChI is InChI=1S/C60H117NO5/c1-3-5-7-9-11-13-15-17-19-25-28-32-36-40-44-48-52-58(63)57(56-62)61-59(64)53-49-45-41-37-33-29-26-23-21-20-22-24-27-31-35-39-43-47-51-55-66-60(65)54-50-46-42-38-34-30-18-16-14-12-10-8-6-4-2/h48,52,57-58,62-63H,3-47,49-51,53-56H2,1-2H3,(H,61,64)/b52-48+. The van der Waals surface area contributed by atoms with Crippen LogP contribution >= 0.6 is 0 Å². The SMILES string of the molecule is CCCCCCCCCCCCCCCC/C=C/C(O)C(CO)NC(=O)CCCCCCCCCCCCCCCCCCCCCOC(=O)CCCCCCCCCCCCCCCC. The highest BCUT2D eigenvalue weighted by Gasteiger charge is 2.18. The van der Waals surface area contributed by atoms with E-state index in [1.54, 1.807) is 6.08 Å². The molecule has 0 fully saturated rings. The van der Waals surface area contributed by atoms with Crippen molar-refractivity contribution in [1.29, 1.82) is 0 Å². The van der Waals surface area contributed by atoms with Crippen molar-refractivity contribution < 1.29 is 24.5 Å². The number of aliphatic hydroxyl groups is 2. The average molecular weight is 933 g/mol. The van der Waals surface area contributed by atoms with E-state index < -0.39 is 12.1 Å². The fourth-order valence-electron chi connectivity index (χ4n) is 9.46. The molecule has 0 rings (SSSR count). The number of carbonyl (C=O) groups is 2. The van der Waals surface area contributed by atoms with E-state index >= 15 is 0 Å². The predicted molar refractivity (Wildman–Crippen MR) is 287 cm³/mol. The zero-order valence-corrected chi connectivity index (χ0v) is 44.7. The van der Waals surface area contributed by atoms with Gasteiger partial charge < -0.3 is 20.3 Å². The van der Waals surface area contributed by atoms with Gasteiger partial charge in [0.05, 0.1) is 25.4 Å². The van der Waals surface area contributed by atoms with Gasteiger partial charge in [-0.15, -0.1) is 0 Å². The summed E-state index contributed by atoms with van der Waals surface area (Å²) in [7, 11) is 0. The van der Waals surface area contributed by atoms with Gasteiger partial charge in [0, 0.05) is 12.8 Å². The molecule has 0 radical (unpaired) electrons. The number of amides is 1. The molecule has 66 heavy (non-hydrogen) atoms. The molecule has 2 unspecified atom stereocenters. The first kappa shape index (κ1) is 64.6. The van der Waals surface area contributed by atoms with Gasteiger partial charge >= 0.3 is 5.97 Å². The molecule has 0 saturated heterocycles. The Labute approximate surface area is 412 Å². The molecule has 0 aromatic carbocycles. The number of esters is 1. The lowest BCUT2D eigenvalue weighted by molar-refractivity contribution is -0.143. The van der Waals surface area contributed by atoms with Gasteiger partial charge in [-0.3, -0.25) is 9.59 Å². The van der Waals surface area contributed by atoms with E-state index in [9.17, 15) is 19.8 Å².